The maximum atomic E-state index is 10.0. The van der Waals surface area contributed by atoms with Gasteiger partial charge in [-0.2, -0.15) is 4.21 Å². The van der Waals surface area contributed by atoms with Crippen LogP contribution >= 0.6 is 0 Å². The van der Waals surface area contributed by atoms with E-state index in [1.807, 2.05) is 0 Å². The zero-order chi connectivity index (χ0) is 7.40. The van der Waals surface area contributed by atoms with Gasteiger partial charge in [-0.3, -0.25) is 4.55 Å². The molecule has 2 N–H and O–H groups in total. The minimum absolute atomic E-state index is 0.465. The summed E-state index contributed by atoms with van der Waals surface area (Å²) in [5, 5.41) is 2.94. The van der Waals surface area contributed by atoms with Crippen molar-refractivity contribution >= 4 is 11.4 Å². The van der Waals surface area contributed by atoms with Crippen LogP contribution in [-0.2, 0) is 20.3 Å². The van der Waals surface area contributed by atoms with Gasteiger partial charge in [-0.1, -0.05) is 0 Å². The van der Waals surface area contributed by atoms with Gasteiger partial charge in [0.15, 0.2) is 6.29 Å². The van der Waals surface area contributed by atoms with Gasteiger partial charge in [0, 0.05) is 13.1 Å². The van der Waals surface area contributed by atoms with E-state index >= 15 is 0 Å². The Labute approximate surface area is 61.2 Å². The smallest absolute Gasteiger partial charge is 0.304 e. The van der Waals surface area contributed by atoms with Crippen LogP contribution in [0.5, 0.6) is 0 Å². The van der Waals surface area contributed by atoms with Crippen molar-refractivity contribution in [1.29, 1.82) is 0 Å². The van der Waals surface area contributed by atoms with Crippen LogP contribution in [0.3, 0.4) is 0 Å². The average Bonchev–Trinajstić information content (AvgIpc) is 1.88. The molecule has 1 aliphatic heterocycles. The Bertz CT molecular complexity index is 124. The normalized spacial score (nSPS) is 29.9. The van der Waals surface area contributed by atoms with Crippen molar-refractivity contribution < 1.29 is 17.7 Å². The van der Waals surface area contributed by atoms with Gasteiger partial charge in [0.05, 0.1) is 6.61 Å². The Balaban J connectivity index is 2.19. The van der Waals surface area contributed by atoms with Crippen molar-refractivity contribution in [2.45, 2.75) is 6.29 Å². The number of rotatable bonds is 2. The number of hydrogen-bond donors (Lipinski definition) is 2. The lowest BCUT2D eigenvalue weighted by Gasteiger charge is -2.21. The molecule has 0 spiro atoms. The first-order chi connectivity index (χ1) is 4.79. The standard InChI is InChI=1S/C4H9NO4S/c6-10(7)9-4-3-5-1-2-8-4/h4-5H,1-3H2,(H,6,7). The highest BCUT2D eigenvalue weighted by Gasteiger charge is 2.15. The molecule has 0 saturated carbocycles. The summed E-state index contributed by atoms with van der Waals surface area (Å²) in [6.07, 6.45) is -0.584. The van der Waals surface area contributed by atoms with Gasteiger partial charge < -0.3 is 10.1 Å². The molecule has 5 nitrogen and oxygen atoms in total. The van der Waals surface area contributed by atoms with Gasteiger partial charge in [0.1, 0.15) is 0 Å². The van der Waals surface area contributed by atoms with Crippen LogP contribution in [0, 0.1) is 0 Å². The molecule has 60 valence electrons. The fraction of sp³-hybridized carbons (Fsp3) is 1.00. The van der Waals surface area contributed by atoms with Crippen LogP contribution in [0.2, 0.25) is 0 Å². The van der Waals surface area contributed by atoms with E-state index in [-0.39, 0.29) is 0 Å². The van der Waals surface area contributed by atoms with Gasteiger partial charge in [-0.25, -0.2) is 4.18 Å². The van der Waals surface area contributed by atoms with E-state index in [9.17, 15) is 4.21 Å². The Morgan fingerprint density at radius 2 is 2.60 bits per heavy atom. The van der Waals surface area contributed by atoms with Crippen LogP contribution in [0.1, 0.15) is 0 Å². The first-order valence-corrected chi connectivity index (χ1v) is 3.92. The fourth-order valence-corrected chi connectivity index (χ4v) is 1.00. The Morgan fingerprint density at radius 3 is 3.10 bits per heavy atom. The summed E-state index contributed by atoms with van der Waals surface area (Å²) in [6.45, 7) is 1.74. The van der Waals surface area contributed by atoms with E-state index in [0.29, 0.717) is 13.2 Å². The van der Waals surface area contributed by atoms with E-state index in [0.717, 1.165) is 6.54 Å². The zero-order valence-electron chi connectivity index (χ0n) is 5.28. The highest BCUT2D eigenvalue weighted by molar-refractivity contribution is 7.74. The number of ether oxygens (including phenoxy) is 1. The lowest BCUT2D eigenvalue weighted by Crippen LogP contribution is -2.40. The molecule has 0 aromatic heterocycles. The van der Waals surface area contributed by atoms with E-state index in [1.165, 1.54) is 0 Å². The molecule has 0 aromatic rings. The Morgan fingerprint density at radius 1 is 1.80 bits per heavy atom. The van der Waals surface area contributed by atoms with Gasteiger partial charge in [-0.15, -0.1) is 0 Å². The van der Waals surface area contributed by atoms with Crippen molar-refractivity contribution in [3.63, 3.8) is 0 Å². The lowest BCUT2D eigenvalue weighted by atomic mass is 10.5. The second kappa shape index (κ2) is 3.99. The molecule has 6 heteroatoms. The molecule has 0 aliphatic carbocycles. The summed E-state index contributed by atoms with van der Waals surface area (Å²) in [6, 6.07) is 0. The summed E-state index contributed by atoms with van der Waals surface area (Å²) in [5.41, 5.74) is 0. The molecular weight excluding hydrogens is 158 g/mol. The summed E-state index contributed by atoms with van der Waals surface area (Å²) in [4.78, 5) is 0. The third-order valence-electron chi connectivity index (χ3n) is 1.08. The molecule has 1 heterocycles. The first kappa shape index (κ1) is 8.09. The summed E-state index contributed by atoms with van der Waals surface area (Å²) in [5.74, 6) is 0. The van der Waals surface area contributed by atoms with Crippen molar-refractivity contribution in [3.8, 4) is 0 Å². The topological polar surface area (TPSA) is 67.8 Å². The van der Waals surface area contributed by atoms with E-state index in [2.05, 4.69) is 9.50 Å². The number of morpholine rings is 1. The van der Waals surface area contributed by atoms with Crippen LogP contribution in [-0.4, -0.2) is 34.7 Å². The minimum atomic E-state index is -2.23. The van der Waals surface area contributed by atoms with Crippen LogP contribution in [0.4, 0.5) is 0 Å². The van der Waals surface area contributed by atoms with Crippen molar-refractivity contribution in [3.05, 3.63) is 0 Å². The number of hydrogen-bond acceptors (Lipinski definition) is 4. The molecule has 2 atom stereocenters. The Kier molecular flexibility index (Phi) is 3.23. The average molecular weight is 167 g/mol. The quantitative estimate of drug-likeness (QED) is 0.521. The number of nitrogens with one attached hydrogen (secondary N) is 1. The summed E-state index contributed by atoms with van der Waals surface area (Å²) in [7, 11) is 0. The molecular formula is C4H9NO4S. The van der Waals surface area contributed by atoms with E-state index < -0.39 is 17.7 Å². The largest absolute Gasteiger partial charge is 0.349 e. The highest BCUT2D eigenvalue weighted by atomic mass is 32.2. The molecule has 1 rings (SSSR count). The van der Waals surface area contributed by atoms with Crippen molar-refractivity contribution in [2.75, 3.05) is 19.7 Å². The second-order valence-corrected chi connectivity index (χ2v) is 2.44. The predicted molar refractivity (Wildman–Crippen MR) is 34.5 cm³/mol. The van der Waals surface area contributed by atoms with Crippen LogP contribution < -0.4 is 5.32 Å². The highest BCUT2D eigenvalue weighted by Crippen LogP contribution is 1.98. The van der Waals surface area contributed by atoms with Gasteiger partial charge in [0.25, 0.3) is 0 Å². The third-order valence-corrected chi connectivity index (χ3v) is 1.46. The van der Waals surface area contributed by atoms with E-state index in [4.69, 9.17) is 9.29 Å². The molecule has 0 radical (unpaired) electrons. The molecule has 1 saturated heterocycles. The van der Waals surface area contributed by atoms with E-state index in [1.54, 1.807) is 0 Å². The minimum Gasteiger partial charge on any atom is -0.349 e. The SMILES string of the molecule is O=S(O)OC1CNCCO1. The van der Waals surface area contributed by atoms with Gasteiger partial charge in [0.2, 0.25) is 0 Å². The molecule has 0 bridgehead atoms. The summed E-state index contributed by atoms with van der Waals surface area (Å²) >= 11 is -2.23. The summed E-state index contributed by atoms with van der Waals surface area (Å²) < 4.78 is 27.7. The van der Waals surface area contributed by atoms with Crippen LogP contribution in [0.25, 0.3) is 0 Å². The molecule has 10 heavy (non-hydrogen) atoms. The maximum absolute atomic E-state index is 10.0. The lowest BCUT2D eigenvalue weighted by molar-refractivity contribution is -0.0916. The van der Waals surface area contributed by atoms with Gasteiger partial charge >= 0.3 is 11.4 Å². The molecule has 1 aliphatic rings. The molecule has 0 amide bonds. The predicted octanol–water partition coefficient (Wildman–Crippen LogP) is -0.914. The van der Waals surface area contributed by atoms with Gasteiger partial charge in [-0.05, 0) is 0 Å². The van der Waals surface area contributed by atoms with Crippen molar-refractivity contribution in [1.82, 2.24) is 5.32 Å². The monoisotopic (exact) mass is 167 g/mol. The maximum Gasteiger partial charge on any atom is 0.304 e. The second-order valence-electron chi connectivity index (χ2n) is 1.82. The third kappa shape index (κ3) is 2.72. The van der Waals surface area contributed by atoms with Crippen molar-refractivity contribution in [2.24, 2.45) is 0 Å². The molecule has 2 unspecified atom stereocenters. The Hall–Kier alpha value is -0.0100. The molecule has 0 aromatic carbocycles. The fourth-order valence-electron chi connectivity index (χ4n) is 0.695. The van der Waals surface area contributed by atoms with Crippen LogP contribution in [0.15, 0.2) is 0 Å². The zero-order valence-corrected chi connectivity index (χ0v) is 6.10. The first-order valence-electron chi connectivity index (χ1n) is 2.89. The molecule has 1 fully saturated rings.